The van der Waals surface area contributed by atoms with Gasteiger partial charge in [0.2, 0.25) is 0 Å². The van der Waals surface area contributed by atoms with Crippen molar-refractivity contribution in [2.45, 2.75) is 38.5 Å². The summed E-state index contributed by atoms with van der Waals surface area (Å²) in [7, 11) is 0. The number of nitrogens with zero attached hydrogens (tertiary/aromatic N) is 1. The zero-order chi connectivity index (χ0) is 14.3. The average molecular weight is 303 g/mol. The second-order valence-corrected chi connectivity index (χ2v) is 5.79. The predicted molar refractivity (Wildman–Crippen MR) is 79.9 cm³/mol. The van der Waals surface area contributed by atoms with Crippen LogP contribution >= 0.6 is 23.2 Å². The summed E-state index contributed by atoms with van der Waals surface area (Å²) in [6, 6.07) is 3.37. The molecular formula is C14H20Cl2N2O. The Morgan fingerprint density at radius 3 is 2.79 bits per heavy atom. The summed E-state index contributed by atoms with van der Waals surface area (Å²) in [6.07, 6.45) is 4.56. The third kappa shape index (κ3) is 5.79. The predicted octanol–water partition coefficient (Wildman–Crippen LogP) is 3.90. The molecular weight excluding hydrogens is 283 g/mol. The molecule has 1 rings (SSSR count). The maximum Gasteiger partial charge on any atom is 0.254 e. The highest BCUT2D eigenvalue weighted by Gasteiger charge is 2.13. The molecule has 0 fully saturated rings. The van der Waals surface area contributed by atoms with Crippen molar-refractivity contribution in [3.8, 4) is 0 Å². The highest BCUT2D eigenvalue weighted by atomic mass is 35.5. The molecule has 0 radical (unpaired) electrons. The summed E-state index contributed by atoms with van der Waals surface area (Å²) >= 11 is 11.8. The van der Waals surface area contributed by atoms with Crippen molar-refractivity contribution >= 4 is 29.1 Å². The van der Waals surface area contributed by atoms with E-state index in [-0.39, 0.29) is 16.4 Å². The largest absolute Gasteiger partial charge is 0.352 e. The Labute approximate surface area is 124 Å². The zero-order valence-corrected chi connectivity index (χ0v) is 12.8. The quantitative estimate of drug-likeness (QED) is 0.613. The SMILES string of the molecule is CCC(CCC(C)Cl)CNC(=O)c1cccnc1Cl. The third-order valence-corrected chi connectivity index (χ3v) is 3.62. The van der Waals surface area contributed by atoms with Gasteiger partial charge in [0.15, 0.2) is 0 Å². The van der Waals surface area contributed by atoms with Gasteiger partial charge in [-0.05, 0) is 37.8 Å². The number of nitrogens with one attached hydrogen (secondary N) is 1. The van der Waals surface area contributed by atoms with E-state index in [1.165, 1.54) is 0 Å². The molecule has 0 saturated heterocycles. The molecule has 3 nitrogen and oxygen atoms in total. The molecule has 1 heterocycles. The number of halogens is 2. The lowest BCUT2D eigenvalue weighted by atomic mass is 9.99. The Hall–Kier alpha value is -0.800. The van der Waals surface area contributed by atoms with E-state index in [9.17, 15) is 4.79 Å². The topological polar surface area (TPSA) is 42.0 Å². The van der Waals surface area contributed by atoms with Gasteiger partial charge in [-0.3, -0.25) is 4.79 Å². The first-order chi connectivity index (χ1) is 9.04. The van der Waals surface area contributed by atoms with Crippen LogP contribution in [0.15, 0.2) is 18.3 Å². The average Bonchev–Trinajstić information content (AvgIpc) is 2.39. The lowest BCUT2D eigenvalue weighted by molar-refractivity contribution is 0.0945. The molecule has 0 aromatic carbocycles. The first-order valence-corrected chi connectivity index (χ1v) is 7.38. The van der Waals surface area contributed by atoms with Crippen molar-refractivity contribution in [1.82, 2.24) is 10.3 Å². The molecule has 1 amide bonds. The highest BCUT2D eigenvalue weighted by molar-refractivity contribution is 6.32. The van der Waals surface area contributed by atoms with Crippen LogP contribution in [0.25, 0.3) is 0 Å². The van der Waals surface area contributed by atoms with Gasteiger partial charge in [0.05, 0.1) is 5.56 Å². The molecule has 1 N–H and O–H groups in total. The number of hydrogen-bond donors (Lipinski definition) is 1. The lowest BCUT2D eigenvalue weighted by Crippen LogP contribution is -2.29. The van der Waals surface area contributed by atoms with Gasteiger partial charge in [-0.15, -0.1) is 11.6 Å². The summed E-state index contributed by atoms with van der Waals surface area (Å²) in [5, 5.41) is 3.32. The Morgan fingerprint density at radius 1 is 1.47 bits per heavy atom. The minimum absolute atomic E-state index is 0.171. The van der Waals surface area contributed by atoms with E-state index >= 15 is 0 Å². The van der Waals surface area contributed by atoms with Gasteiger partial charge in [0.1, 0.15) is 5.15 Å². The molecule has 1 aromatic heterocycles. The van der Waals surface area contributed by atoms with Crippen molar-refractivity contribution in [2.24, 2.45) is 5.92 Å². The van der Waals surface area contributed by atoms with Crippen LogP contribution in [0.1, 0.15) is 43.5 Å². The maximum absolute atomic E-state index is 12.0. The summed E-state index contributed by atoms with van der Waals surface area (Å²) in [6.45, 7) is 4.75. The van der Waals surface area contributed by atoms with E-state index < -0.39 is 0 Å². The Bertz CT molecular complexity index is 410. The van der Waals surface area contributed by atoms with E-state index in [2.05, 4.69) is 17.2 Å². The Kier molecular flexibility index (Phi) is 7.17. The number of rotatable bonds is 7. The Balaban J connectivity index is 2.46. The van der Waals surface area contributed by atoms with Gasteiger partial charge >= 0.3 is 0 Å². The number of pyridine rings is 1. The molecule has 2 atom stereocenters. The minimum atomic E-state index is -0.171. The fraction of sp³-hybridized carbons (Fsp3) is 0.571. The molecule has 0 spiro atoms. The molecule has 0 aliphatic rings. The molecule has 5 heteroatoms. The molecule has 2 unspecified atom stereocenters. The van der Waals surface area contributed by atoms with Gasteiger partial charge in [-0.2, -0.15) is 0 Å². The fourth-order valence-corrected chi connectivity index (χ4v) is 2.13. The maximum atomic E-state index is 12.0. The van der Waals surface area contributed by atoms with Gasteiger partial charge in [0, 0.05) is 18.1 Å². The summed E-state index contributed by atoms with van der Waals surface area (Å²) < 4.78 is 0. The van der Waals surface area contributed by atoms with Crippen molar-refractivity contribution in [3.05, 3.63) is 29.0 Å². The molecule has 0 saturated carbocycles. The lowest BCUT2D eigenvalue weighted by Gasteiger charge is -2.16. The van der Waals surface area contributed by atoms with Crippen LogP contribution in [0.2, 0.25) is 5.15 Å². The van der Waals surface area contributed by atoms with Crippen LogP contribution in [0.5, 0.6) is 0 Å². The molecule has 0 aliphatic heterocycles. The van der Waals surface area contributed by atoms with E-state index in [4.69, 9.17) is 23.2 Å². The van der Waals surface area contributed by atoms with Crippen molar-refractivity contribution < 1.29 is 4.79 Å². The van der Waals surface area contributed by atoms with Crippen LogP contribution in [0, 0.1) is 5.92 Å². The van der Waals surface area contributed by atoms with Gasteiger partial charge in [0.25, 0.3) is 5.91 Å². The monoisotopic (exact) mass is 302 g/mol. The summed E-state index contributed by atoms with van der Waals surface area (Å²) in [5.74, 6) is 0.274. The van der Waals surface area contributed by atoms with Crippen LogP contribution in [0.3, 0.4) is 0 Å². The molecule has 1 aromatic rings. The van der Waals surface area contributed by atoms with E-state index in [1.807, 2.05) is 6.92 Å². The van der Waals surface area contributed by atoms with Crippen molar-refractivity contribution in [2.75, 3.05) is 6.54 Å². The summed E-state index contributed by atoms with van der Waals surface area (Å²) in [4.78, 5) is 15.9. The van der Waals surface area contributed by atoms with Gasteiger partial charge in [-0.1, -0.05) is 24.9 Å². The first kappa shape index (κ1) is 16.3. The van der Waals surface area contributed by atoms with Crippen molar-refractivity contribution in [3.63, 3.8) is 0 Å². The molecule has 0 bridgehead atoms. The molecule has 19 heavy (non-hydrogen) atoms. The van der Waals surface area contributed by atoms with Crippen LogP contribution < -0.4 is 5.32 Å². The molecule has 106 valence electrons. The summed E-state index contributed by atoms with van der Waals surface area (Å²) in [5.41, 5.74) is 0.421. The van der Waals surface area contributed by atoms with Gasteiger partial charge in [-0.25, -0.2) is 4.98 Å². The van der Waals surface area contributed by atoms with Crippen LogP contribution in [0.4, 0.5) is 0 Å². The first-order valence-electron chi connectivity index (χ1n) is 6.57. The normalized spacial score (nSPS) is 13.9. The standard InChI is InChI=1S/C14H20Cl2N2O/c1-3-11(7-6-10(2)15)9-18-14(19)12-5-4-8-17-13(12)16/h4-5,8,10-11H,3,6-7,9H2,1-2H3,(H,18,19). The number of alkyl halides is 1. The van der Waals surface area contributed by atoms with Crippen molar-refractivity contribution in [1.29, 1.82) is 0 Å². The number of aromatic nitrogens is 1. The van der Waals surface area contributed by atoms with Crippen LogP contribution in [-0.4, -0.2) is 22.8 Å². The molecule has 0 aliphatic carbocycles. The zero-order valence-electron chi connectivity index (χ0n) is 11.3. The minimum Gasteiger partial charge on any atom is -0.352 e. The van der Waals surface area contributed by atoms with E-state index in [1.54, 1.807) is 18.3 Å². The second kappa shape index (κ2) is 8.39. The number of carbonyl (C=O) groups excluding carboxylic acids is 1. The smallest absolute Gasteiger partial charge is 0.254 e. The van der Waals surface area contributed by atoms with Gasteiger partial charge < -0.3 is 5.32 Å². The second-order valence-electron chi connectivity index (χ2n) is 4.68. The van der Waals surface area contributed by atoms with E-state index in [0.717, 1.165) is 19.3 Å². The third-order valence-electron chi connectivity index (χ3n) is 3.11. The van der Waals surface area contributed by atoms with E-state index in [0.29, 0.717) is 18.0 Å². The number of hydrogen-bond acceptors (Lipinski definition) is 2. The highest BCUT2D eigenvalue weighted by Crippen LogP contribution is 2.15. The number of carbonyl (C=O) groups is 1. The Morgan fingerprint density at radius 2 is 2.21 bits per heavy atom. The number of amides is 1. The van der Waals surface area contributed by atoms with Crippen LogP contribution in [-0.2, 0) is 0 Å². The fourth-order valence-electron chi connectivity index (χ4n) is 1.80.